The molecule has 0 aliphatic rings. The topological polar surface area (TPSA) is 9.23 Å². The molecule has 0 rings (SSSR count). The second-order valence-electron chi connectivity index (χ2n) is 0.408. The van der Waals surface area contributed by atoms with E-state index in [1.807, 2.05) is 0 Å². The van der Waals surface area contributed by atoms with Crippen LogP contribution in [0, 0.1) is 0 Å². The molecule has 0 aromatic rings. The van der Waals surface area contributed by atoms with Gasteiger partial charge in [-0.05, 0) is 0 Å². The molecule has 0 atom stereocenters. The molecule has 0 radical (unpaired) electrons. The van der Waals surface area contributed by atoms with E-state index in [0.29, 0.717) is 0 Å². The average molecular weight is 94.1 g/mol. The summed E-state index contributed by atoms with van der Waals surface area (Å²) in [4.78, 5) is 0. The Morgan fingerprint density at radius 2 is 1.20 bits per heavy atom. The summed E-state index contributed by atoms with van der Waals surface area (Å²) in [7, 11) is 3.25. The van der Waals surface area contributed by atoms with E-state index in [0.717, 1.165) is 0 Å². The monoisotopic (exact) mass is 94.0 g/mol. The zero-order valence-electron chi connectivity index (χ0n) is 6.41. The van der Waals surface area contributed by atoms with Crippen molar-refractivity contribution in [2.75, 3.05) is 14.2 Å². The van der Waals surface area contributed by atoms with Gasteiger partial charge in [-0.15, -0.1) is 0 Å². The van der Waals surface area contributed by atoms with Crippen LogP contribution in [0.2, 0.25) is 0 Å². The maximum Gasteiger partial charge on any atom is 1.00 e. The molecule has 0 heterocycles. The smallest absolute Gasteiger partial charge is 1.00 e. The molecule has 0 bridgehead atoms. The summed E-state index contributed by atoms with van der Waals surface area (Å²) in [6, 6.07) is 0. The first-order valence-electron chi connectivity index (χ1n) is 0.816. The number of rotatable bonds is 0. The maximum absolute atomic E-state index is 4.25. The van der Waals surface area contributed by atoms with E-state index in [9.17, 15) is 0 Å². The van der Waals surface area contributed by atoms with Crippen LogP contribution in [0.5, 0.6) is 0 Å². The van der Waals surface area contributed by atoms with Crippen molar-refractivity contribution in [3.8, 4) is 0 Å². The molecular weight excluding hydrogens is 86.0 g/mol. The predicted octanol–water partition coefficient (Wildman–Crippen LogP) is -5.50. The SMILES string of the molecule is COC.[H-].[H-].[Na+].[Na+]. The molecule has 0 aromatic heterocycles. The van der Waals surface area contributed by atoms with Crippen LogP contribution in [0.3, 0.4) is 0 Å². The Labute approximate surface area is 80.0 Å². The first kappa shape index (κ1) is 15.8. The molecule has 5 heavy (non-hydrogen) atoms. The Morgan fingerprint density at radius 3 is 1.20 bits per heavy atom. The van der Waals surface area contributed by atoms with Crippen LogP contribution in [-0.2, 0) is 4.74 Å². The van der Waals surface area contributed by atoms with Gasteiger partial charge in [-0.1, -0.05) is 0 Å². The van der Waals surface area contributed by atoms with Crippen LogP contribution < -0.4 is 59.1 Å². The zero-order chi connectivity index (χ0) is 2.71. The van der Waals surface area contributed by atoms with Crippen molar-refractivity contribution in [1.29, 1.82) is 0 Å². The molecule has 0 aliphatic carbocycles. The molecule has 24 valence electrons. The summed E-state index contributed by atoms with van der Waals surface area (Å²) in [5.74, 6) is 0. The minimum atomic E-state index is 0. The molecule has 0 saturated carbocycles. The van der Waals surface area contributed by atoms with Gasteiger partial charge in [-0.2, -0.15) is 0 Å². The van der Waals surface area contributed by atoms with E-state index in [2.05, 4.69) is 4.74 Å². The zero-order valence-corrected chi connectivity index (χ0v) is 8.41. The molecule has 0 N–H and O–H groups in total. The third-order valence-corrected chi connectivity index (χ3v) is 0. The number of ether oxygens (including phenoxy) is 1. The predicted molar refractivity (Wildman–Crippen MR) is 15.2 cm³/mol. The summed E-state index contributed by atoms with van der Waals surface area (Å²) in [5, 5.41) is 0. The molecular formula is C2H8Na2O. The molecule has 0 aliphatic heterocycles. The van der Waals surface area contributed by atoms with Crippen molar-refractivity contribution in [3.05, 3.63) is 0 Å². The molecule has 0 saturated heterocycles. The fourth-order valence-corrected chi connectivity index (χ4v) is 0. The molecule has 0 unspecified atom stereocenters. The molecule has 0 amide bonds. The summed E-state index contributed by atoms with van der Waals surface area (Å²) in [6.07, 6.45) is 0. The number of hydrogen-bond donors (Lipinski definition) is 0. The van der Waals surface area contributed by atoms with E-state index >= 15 is 0 Å². The van der Waals surface area contributed by atoms with Crippen molar-refractivity contribution < 1.29 is 66.7 Å². The molecule has 0 aromatic carbocycles. The van der Waals surface area contributed by atoms with Gasteiger partial charge in [-0.3, -0.25) is 0 Å². The van der Waals surface area contributed by atoms with Crippen LogP contribution >= 0.6 is 0 Å². The number of methoxy groups -OCH3 is 1. The second-order valence-corrected chi connectivity index (χ2v) is 0.408. The van der Waals surface area contributed by atoms with Crippen LogP contribution in [0.4, 0.5) is 0 Å². The maximum atomic E-state index is 4.25. The summed E-state index contributed by atoms with van der Waals surface area (Å²) < 4.78 is 4.25. The minimum Gasteiger partial charge on any atom is -1.00 e. The number of hydrogen-bond acceptors (Lipinski definition) is 1. The van der Waals surface area contributed by atoms with Gasteiger partial charge >= 0.3 is 59.1 Å². The summed E-state index contributed by atoms with van der Waals surface area (Å²) in [5.41, 5.74) is 0. The van der Waals surface area contributed by atoms with Crippen molar-refractivity contribution in [3.63, 3.8) is 0 Å². The van der Waals surface area contributed by atoms with E-state index in [1.54, 1.807) is 14.2 Å². The van der Waals surface area contributed by atoms with Crippen molar-refractivity contribution in [2.24, 2.45) is 0 Å². The Bertz CT molecular complexity index is 13.7. The van der Waals surface area contributed by atoms with E-state index in [4.69, 9.17) is 0 Å². The van der Waals surface area contributed by atoms with Crippen LogP contribution in [0.25, 0.3) is 0 Å². The Hall–Kier alpha value is 1.96. The minimum absolute atomic E-state index is 0. The average Bonchev–Trinajstić information content (AvgIpc) is 0.918. The summed E-state index contributed by atoms with van der Waals surface area (Å²) >= 11 is 0. The van der Waals surface area contributed by atoms with Gasteiger partial charge in [-0.25, -0.2) is 0 Å². The van der Waals surface area contributed by atoms with Gasteiger partial charge in [0.15, 0.2) is 0 Å². The van der Waals surface area contributed by atoms with Gasteiger partial charge in [0.1, 0.15) is 0 Å². The Morgan fingerprint density at radius 1 is 1.20 bits per heavy atom. The van der Waals surface area contributed by atoms with Crippen molar-refractivity contribution in [2.45, 2.75) is 0 Å². The van der Waals surface area contributed by atoms with Crippen molar-refractivity contribution >= 4 is 0 Å². The molecule has 0 spiro atoms. The van der Waals surface area contributed by atoms with E-state index in [-0.39, 0.29) is 62.0 Å². The van der Waals surface area contributed by atoms with Gasteiger partial charge in [0, 0.05) is 14.2 Å². The summed E-state index contributed by atoms with van der Waals surface area (Å²) in [6.45, 7) is 0. The third kappa shape index (κ3) is 24.3. The second kappa shape index (κ2) is 16.7. The van der Waals surface area contributed by atoms with Gasteiger partial charge in [0.05, 0.1) is 0 Å². The van der Waals surface area contributed by atoms with E-state index < -0.39 is 0 Å². The Balaban J connectivity index is -0.00000000333. The third-order valence-electron chi connectivity index (χ3n) is 0. The van der Waals surface area contributed by atoms with Crippen molar-refractivity contribution in [1.82, 2.24) is 0 Å². The molecule has 3 heteroatoms. The van der Waals surface area contributed by atoms with Crippen LogP contribution in [0.1, 0.15) is 2.85 Å². The first-order valence-corrected chi connectivity index (χ1v) is 0.816. The van der Waals surface area contributed by atoms with E-state index in [1.165, 1.54) is 0 Å². The first-order chi connectivity index (χ1) is 1.41. The fourth-order valence-electron chi connectivity index (χ4n) is 0. The van der Waals surface area contributed by atoms with Gasteiger partial charge < -0.3 is 7.59 Å². The Kier molecular flexibility index (Phi) is 52.8. The molecule has 0 fully saturated rings. The fraction of sp³-hybridized carbons (Fsp3) is 1.00. The quantitative estimate of drug-likeness (QED) is 0.272. The van der Waals surface area contributed by atoms with Crippen LogP contribution in [0.15, 0.2) is 0 Å². The standard InChI is InChI=1S/C2H6O.2Na.2H/c1-3-2;;;;/h1-2H3;;;;/q;2*+1;2*-1. The normalized spacial score (nSPS) is 3.60. The van der Waals surface area contributed by atoms with Gasteiger partial charge in [0.25, 0.3) is 0 Å². The van der Waals surface area contributed by atoms with Gasteiger partial charge in [0.2, 0.25) is 0 Å². The largest absolute Gasteiger partial charge is 1.00 e. The molecule has 1 nitrogen and oxygen atoms in total. The van der Waals surface area contributed by atoms with Crippen LogP contribution in [-0.4, -0.2) is 14.2 Å².